The Hall–Kier alpha value is -2.12. The molecule has 1 aliphatic rings. The minimum absolute atomic E-state index is 0.160. The number of fused-ring (bicyclic) bond motifs is 1. The van der Waals surface area contributed by atoms with Crippen molar-refractivity contribution >= 4 is 11.9 Å². The first kappa shape index (κ1) is 16.3. The normalized spacial score (nSPS) is 16.5. The highest BCUT2D eigenvalue weighted by Gasteiger charge is 2.18. The van der Waals surface area contributed by atoms with E-state index in [9.17, 15) is 9.59 Å². The number of ether oxygens (including phenoxy) is 1. The van der Waals surface area contributed by atoms with Crippen LogP contribution in [0.3, 0.4) is 0 Å². The predicted octanol–water partition coefficient (Wildman–Crippen LogP) is 0.492. The third-order valence-corrected chi connectivity index (χ3v) is 3.35. The van der Waals surface area contributed by atoms with Crippen LogP contribution in [-0.2, 0) is 20.8 Å². The van der Waals surface area contributed by atoms with Crippen LogP contribution in [0.2, 0.25) is 0 Å². The van der Waals surface area contributed by atoms with E-state index in [0.717, 1.165) is 31.7 Å². The topological polar surface area (TPSA) is 96.9 Å². The second-order valence-corrected chi connectivity index (χ2v) is 5.03. The lowest BCUT2D eigenvalue weighted by Gasteiger charge is -2.26. The van der Waals surface area contributed by atoms with Gasteiger partial charge in [-0.15, -0.1) is 0 Å². The number of para-hydroxylation sites is 1. The lowest BCUT2D eigenvalue weighted by atomic mass is 10.0. The number of carboxylic acid groups (broad SMARTS) is 1. The first-order valence-electron chi connectivity index (χ1n) is 7.29. The summed E-state index contributed by atoms with van der Waals surface area (Å²) in [6.07, 6.45) is 2.87. The number of nitrogens with one attached hydrogen (secondary N) is 2. The van der Waals surface area contributed by atoms with E-state index in [-0.39, 0.29) is 6.10 Å². The number of aliphatic carboxylic acids is 1. The highest BCUT2D eigenvalue weighted by atomic mass is 16.7. The first-order valence-corrected chi connectivity index (χ1v) is 7.29. The van der Waals surface area contributed by atoms with Gasteiger partial charge in [-0.25, -0.2) is 9.59 Å². The molecule has 7 heteroatoms. The molecule has 1 heterocycles. The summed E-state index contributed by atoms with van der Waals surface area (Å²) in [6.45, 7) is 1.86. The van der Waals surface area contributed by atoms with Crippen LogP contribution in [0.1, 0.15) is 18.4 Å². The summed E-state index contributed by atoms with van der Waals surface area (Å²) in [5, 5.41) is 11.6. The maximum atomic E-state index is 10.6. The Labute approximate surface area is 128 Å². The maximum absolute atomic E-state index is 10.6. The minimum atomic E-state index is -1.61. The molecule has 1 aliphatic heterocycles. The third kappa shape index (κ3) is 5.01. The summed E-state index contributed by atoms with van der Waals surface area (Å²) in [7, 11) is 0. The molecule has 0 spiro atoms. The van der Waals surface area contributed by atoms with Crippen molar-refractivity contribution in [3.05, 3.63) is 29.8 Å². The molecule has 1 unspecified atom stereocenters. The minimum Gasteiger partial charge on any atom is -0.489 e. The van der Waals surface area contributed by atoms with Gasteiger partial charge in [-0.05, 0) is 37.4 Å². The zero-order chi connectivity index (χ0) is 15.8. The number of carbonyl (C=O) groups is 2. The Morgan fingerprint density at radius 2 is 2.14 bits per heavy atom. The number of hydroxylamine groups is 1. The van der Waals surface area contributed by atoms with Gasteiger partial charge in [0, 0.05) is 13.1 Å². The average molecular weight is 308 g/mol. The van der Waals surface area contributed by atoms with Gasteiger partial charge < -0.3 is 20.0 Å². The van der Waals surface area contributed by atoms with E-state index in [1.807, 2.05) is 18.2 Å². The van der Waals surface area contributed by atoms with Crippen molar-refractivity contribution in [1.82, 2.24) is 10.8 Å². The number of aryl methyl sites for hydroxylation is 1. The van der Waals surface area contributed by atoms with Gasteiger partial charge in [0.1, 0.15) is 11.9 Å². The first-order chi connectivity index (χ1) is 10.7. The molecular formula is C15H20N2O5. The van der Waals surface area contributed by atoms with E-state index < -0.39 is 11.9 Å². The molecule has 0 saturated heterocycles. The van der Waals surface area contributed by atoms with Crippen molar-refractivity contribution in [3.63, 3.8) is 0 Å². The van der Waals surface area contributed by atoms with Crippen LogP contribution in [0.5, 0.6) is 5.75 Å². The number of carbonyl (C=O) groups excluding carboxylic acids is 1. The van der Waals surface area contributed by atoms with E-state index in [0.29, 0.717) is 13.0 Å². The Balaban J connectivity index is 1.53. The van der Waals surface area contributed by atoms with Gasteiger partial charge in [0.25, 0.3) is 0 Å². The molecule has 0 aliphatic carbocycles. The molecule has 0 saturated carbocycles. The molecule has 0 fully saturated rings. The SMILES string of the molecule is O=C(O)C(=O)ONCCCNCC1CCc2ccccc2O1. The highest BCUT2D eigenvalue weighted by Crippen LogP contribution is 2.26. The Morgan fingerprint density at radius 3 is 2.95 bits per heavy atom. The zero-order valence-corrected chi connectivity index (χ0v) is 12.2. The smallest absolute Gasteiger partial charge is 0.435 e. The molecule has 1 atom stereocenters. The summed E-state index contributed by atoms with van der Waals surface area (Å²) in [6, 6.07) is 8.06. The van der Waals surface area contributed by atoms with Crippen molar-refractivity contribution in [2.75, 3.05) is 19.6 Å². The second kappa shape index (κ2) is 8.35. The zero-order valence-electron chi connectivity index (χ0n) is 12.2. The monoisotopic (exact) mass is 308 g/mol. The molecule has 120 valence electrons. The summed E-state index contributed by atoms with van der Waals surface area (Å²) in [5.41, 5.74) is 3.57. The number of hydrogen-bond acceptors (Lipinski definition) is 6. The number of benzene rings is 1. The van der Waals surface area contributed by atoms with E-state index in [1.165, 1.54) is 5.56 Å². The predicted molar refractivity (Wildman–Crippen MR) is 78.4 cm³/mol. The number of rotatable bonds is 7. The van der Waals surface area contributed by atoms with Crippen LogP contribution in [0.4, 0.5) is 0 Å². The molecule has 1 aromatic rings. The lowest BCUT2D eigenvalue weighted by Crippen LogP contribution is -2.35. The summed E-state index contributed by atoms with van der Waals surface area (Å²) >= 11 is 0. The van der Waals surface area contributed by atoms with Crippen molar-refractivity contribution in [1.29, 1.82) is 0 Å². The van der Waals surface area contributed by atoms with Gasteiger partial charge in [-0.3, -0.25) is 0 Å². The summed E-state index contributed by atoms with van der Waals surface area (Å²) in [4.78, 5) is 25.1. The van der Waals surface area contributed by atoms with E-state index >= 15 is 0 Å². The molecular weight excluding hydrogens is 288 g/mol. The molecule has 0 bridgehead atoms. The molecule has 3 N–H and O–H groups in total. The van der Waals surface area contributed by atoms with Gasteiger partial charge in [-0.1, -0.05) is 18.2 Å². The maximum Gasteiger partial charge on any atom is 0.435 e. The fourth-order valence-corrected chi connectivity index (χ4v) is 2.23. The van der Waals surface area contributed by atoms with Gasteiger partial charge >= 0.3 is 11.9 Å². The van der Waals surface area contributed by atoms with Crippen LogP contribution in [0.25, 0.3) is 0 Å². The Kier molecular flexibility index (Phi) is 6.17. The third-order valence-electron chi connectivity index (χ3n) is 3.35. The number of carboxylic acids is 1. The second-order valence-electron chi connectivity index (χ2n) is 5.03. The summed E-state index contributed by atoms with van der Waals surface area (Å²) in [5.74, 6) is -1.95. The molecule has 2 rings (SSSR count). The molecule has 22 heavy (non-hydrogen) atoms. The van der Waals surface area contributed by atoms with Crippen LogP contribution >= 0.6 is 0 Å². The van der Waals surface area contributed by atoms with E-state index in [2.05, 4.69) is 21.7 Å². The van der Waals surface area contributed by atoms with Crippen molar-refractivity contribution in [3.8, 4) is 5.75 Å². The fraction of sp³-hybridized carbons (Fsp3) is 0.467. The highest BCUT2D eigenvalue weighted by molar-refractivity contribution is 6.28. The molecule has 0 amide bonds. The van der Waals surface area contributed by atoms with Crippen molar-refractivity contribution in [2.45, 2.75) is 25.4 Å². The van der Waals surface area contributed by atoms with Crippen LogP contribution in [0, 0.1) is 0 Å². The van der Waals surface area contributed by atoms with Crippen molar-refractivity contribution < 1.29 is 24.3 Å². The number of hydrogen-bond donors (Lipinski definition) is 3. The Bertz CT molecular complexity index is 520. The van der Waals surface area contributed by atoms with Crippen LogP contribution in [0.15, 0.2) is 24.3 Å². The fourth-order valence-electron chi connectivity index (χ4n) is 2.23. The quantitative estimate of drug-likeness (QED) is 0.383. The van der Waals surface area contributed by atoms with E-state index in [1.54, 1.807) is 0 Å². The van der Waals surface area contributed by atoms with Crippen LogP contribution < -0.4 is 15.5 Å². The van der Waals surface area contributed by atoms with E-state index in [4.69, 9.17) is 9.84 Å². The average Bonchev–Trinajstić information content (AvgIpc) is 2.53. The van der Waals surface area contributed by atoms with Gasteiger partial charge in [0.05, 0.1) is 0 Å². The largest absolute Gasteiger partial charge is 0.489 e. The van der Waals surface area contributed by atoms with Gasteiger partial charge in [0.15, 0.2) is 0 Å². The standard InChI is InChI=1S/C15H20N2O5/c18-14(19)15(20)22-17-9-3-8-16-10-12-7-6-11-4-1-2-5-13(11)21-12/h1-2,4-5,12,16-17H,3,6-10H2,(H,18,19). The molecule has 7 nitrogen and oxygen atoms in total. The summed E-state index contributed by atoms with van der Waals surface area (Å²) < 4.78 is 5.90. The molecule has 0 radical (unpaired) electrons. The van der Waals surface area contributed by atoms with Gasteiger partial charge in [-0.2, -0.15) is 5.48 Å². The molecule has 0 aromatic heterocycles. The van der Waals surface area contributed by atoms with Gasteiger partial charge in [0.2, 0.25) is 0 Å². The Morgan fingerprint density at radius 1 is 1.32 bits per heavy atom. The van der Waals surface area contributed by atoms with Crippen molar-refractivity contribution in [2.24, 2.45) is 0 Å². The van der Waals surface area contributed by atoms with Crippen LogP contribution in [-0.4, -0.2) is 42.8 Å². The lowest BCUT2D eigenvalue weighted by molar-refractivity contribution is -0.168. The molecule has 1 aromatic carbocycles.